The Morgan fingerprint density at radius 2 is 1.89 bits per heavy atom. The molecular weight excluding hydrogens is 366 g/mol. The number of benzene rings is 1. The standard InChI is InChI=1S/C19H25N3O4S/c1-15(21(2)14-17-6-5-13-26-17)19(23)20-16-7-9-18(10-8-16)27(24,25)22-11-3-4-12-22/h5-10,13,15H,3-4,11-12,14H2,1-2H3,(H,20,23)/p+1/t15-/m1/s1. The molecule has 1 aliphatic rings. The summed E-state index contributed by atoms with van der Waals surface area (Å²) in [4.78, 5) is 13.7. The molecule has 0 saturated carbocycles. The minimum atomic E-state index is -3.44. The first-order valence-electron chi connectivity index (χ1n) is 9.13. The van der Waals surface area contributed by atoms with Gasteiger partial charge in [0.25, 0.3) is 5.91 Å². The van der Waals surface area contributed by atoms with Crippen molar-refractivity contribution in [3.8, 4) is 0 Å². The van der Waals surface area contributed by atoms with Crippen LogP contribution in [0.25, 0.3) is 0 Å². The van der Waals surface area contributed by atoms with Gasteiger partial charge in [-0.1, -0.05) is 0 Å². The highest BCUT2D eigenvalue weighted by atomic mass is 32.2. The van der Waals surface area contributed by atoms with Gasteiger partial charge in [0, 0.05) is 18.8 Å². The molecule has 2 heterocycles. The smallest absolute Gasteiger partial charge is 0.282 e. The van der Waals surface area contributed by atoms with Crippen molar-refractivity contribution in [3.05, 3.63) is 48.4 Å². The first-order valence-corrected chi connectivity index (χ1v) is 10.6. The van der Waals surface area contributed by atoms with Gasteiger partial charge in [0.15, 0.2) is 11.8 Å². The number of rotatable bonds is 7. The van der Waals surface area contributed by atoms with Gasteiger partial charge in [-0.2, -0.15) is 4.31 Å². The average Bonchev–Trinajstić information content (AvgIpc) is 3.35. The van der Waals surface area contributed by atoms with E-state index in [4.69, 9.17) is 4.42 Å². The van der Waals surface area contributed by atoms with E-state index >= 15 is 0 Å². The quantitative estimate of drug-likeness (QED) is 0.739. The van der Waals surface area contributed by atoms with Gasteiger partial charge in [-0.3, -0.25) is 4.79 Å². The lowest BCUT2D eigenvalue weighted by Gasteiger charge is -2.20. The lowest BCUT2D eigenvalue weighted by atomic mass is 10.2. The fourth-order valence-corrected chi connectivity index (χ4v) is 4.62. The fourth-order valence-electron chi connectivity index (χ4n) is 3.10. The van der Waals surface area contributed by atoms with Crippen LogP contribution in [0.1, 0.15) is 25.5 Å². The van der Waals surface area contributed by atoms with Crippen LogP contribution >= 0.6 is 0 Å². The van der Waals surface area contributed by atoms with Gasteiger partial charge in [-0.25, -0.2) is 8.42 Å². The SMILES string of the molecule is C[C@H](C(=O)Nc1ccc(S(=O)(=O)N2CCCC2)cc1)[NH+](C)Cc1ccco1. The molecule has 2 aromatic rings. The van der Waals surface area contributed by atoms with E-state index in [9.17, 15) is 13.2 Å². The molecule has 1 fully saturated rings. The largest absolute Gasteiger partial charge is 0.463 e. The highest BCUT2D eigenvalue weighted by Crippen LogP contribution is 2.22. The molecule has 1 aromatic heterocycles. The molecule has 1 aromatic carbocycles. The molecule has 7 nitrogen and oxygen atoms in total. The van der Waals surface area contributed by atoms with E-state index in [-0.39, 0.29) is 16.8 Å². The number of anilines is 1. The van der Waals surface area contributed by atoms with Crippen LogP contribution < -0.4 is 10.2 Å². The van der Waals surface area contributed by atoms with Crippen molar-refractivity contribution in [2.75, 3.05) is 25.5 Å². The van der Waals surface area contributed by atoms with Crippen molar-refractivity contribution in [2.24, 2.45) is 0 Å². The minimum Gasteiger partial charge on any atom is -0.463 e. The second-order valence-electron chi connectivity index (χ2n) is 6.95. The van der Waals surface area contributed by atoms with Crippen LogP contribution in [0.3, 0.4) is 0 Å². The molecule has 2 atom stereocenters. The maximum atomic E-state index is 12.5. The summed E-state index contributed by atoms with van der Waals surface area (Å²) in [6.45, 7) is 3.60. The Balaban J connectivity index is 1.61. The molecule has 146 valence electrons. The maximum absolute atomic E-state index is 12.5. The van der Waals surface area contributed by atoms with Crippen molar-refractivity contribution in [1.29, 1.82) is 0 Å². The number of quaternary nitrogens is 1. The highest BCUT2D eigenvalue weighted by Gasteiger charge is 2.27. The van der Waals surface area contributed by atoms with E-state index in [2.05, 4.69) is 5.32 Å². The first-order chi connectivity index (χ1) is 12.9. The molecule has 0 spiro atoms. The predicted octanol–water partition coefficient (Wildman–Crippen LogP) is 1.11. The Morgan fingerprint density at radius 1 is 1.22 bits per heavy atom. The number of amides is 1. The average molecular weight is 393 g/mol. The van der Waals surface area contributed by atoms with Crippen LogP contribution in [0, 0.1) is 0 Å². The molecule has 8 heteroatoms. The van der Waals surface area contributed by atoms with E-state index in [0.717, 1.165) is 23.5 Å². The molecule has 3 rings (SSSR count). The van der Waals surface area contributed by atoms with Crippen molar-refractivity contribution in [3.63, 3.8) is 0 Å². The lowest BCUT2D eigenvalue weighted by molar-refractivity contribution is -0.908. The number of sulfonamides is 1. The second kappa shape index (κ2) is 8.24. The van der Waals surface area contributed by atoms with Crippen LogP contribution in [0.15, 0.2) is 52.0 Å². The summed E-state index contributed by atoms with van der Waals surface area (Å²) >= 11 is 0. The summed E-state index contributed by atoms with van der Waals surface area (Å²) in [5, 5.41) is 2.85. The number of carbonyl (C=O) groups is 1. The summed E-state index contributed by atoms with van der Waals surface area (Å²) in [6.07, 6.45) is 3.42. The Hall–Kier alpha value is -2.16. The van der Waals surface area contributed by atoms with Gasteiger partial charge in [0.1, 0.15) is 6.54 Å². The highest BCUT2D eigenvalue weighted by molar-refractivity contribution is 7.89. The zero-order valence-electron chi connectivity index (χ0n) is 15.6. The zero-order valence-corrected chi connectivity index (χ0v) is 16.5. The topological polar surface area (TPSA) is 84.1 Å². The molecule has 0 radical (unpaired) electrons. The monoisotopic (exact) mass is 392 g/mol. The van der Waals surface area contributed by atoms with Crippen molar-refractivity contribution < 1.29 is 22.5 Å². The summed E-state index contributed by atoms with van der Waals surface area (Å²) in [7, 11) is -1.51. The number of hydrogen-bond donors (Lipinski definition) is 2. The molecular formula is C19H26N3O4S+. The van der Waals surface area contributed by atoms with E-state index in [1.807, 2.05) is 26.1 Å². The Labute approximate surface area is 160 Å². The van der Waals surface area contributed by atoms with Gasteiger partial charge < -0.3 is 14.6 Å². The third-order valence-corrected chi connectivity index (χ3v) is 6.90. The number of likely N-dealkylation sites (N-methyl/N-ethyl adjacent to an activating group) is 1. The Morgan fingerprint density at radius 3 is 2.48 bits per heavy atom. The van der Waals surface area contributed by atoms with Gasteiger partial charge in [0.05, 0.1) is 18.2 Å². The number of hydrogen-bond acceptors (Lipinski definition) is 4. The number of carbonyl (C=O) groups excluding carboxylic acids is 1. The predicted molar refractivity (Wildman–Crippen MR) is 102 cm³/mol. The normalized spacial score (nSPS) is 17.6. The van der Waals surface area contributed by atoms with Crippen LogP contribution in [0.4, 0.5) is 5.69 Å². The lowest BCUT2D eigenvalue weighted by Crippen LogP contribution is -3.12. The summed E-state index contributed by atoms with van der Waals surface area (Å²) < 4.78 is 31.9. The van der Waals surface area contributed by atoms with Gasteiger partial charge in [-0.05, 0) is 56.2 Å². The maximum Gasteiger partial charge on any atom is 0.282 e. The summed E-state index contributed by atoms with van der Waals surface area (Å²) in [6, 6.07) is 9.78. The first kappa shape index (κ1) is 19.6. The number of nitrogens with zero attached hydrogens (tertiary/aromatic N) is 1. The van der Waals surface area contributed by atoms with E-state index < -0.39 is 10.0 Å². The van der Waals surface area contributed by atoms with Crippen molar-refractivity contribution >= 4 is 21.6 Å². The Kier molecular flexibility index (Phi) is 5.98. The van der Waals surface area contributed by atoms with Crippen LogP contribution in [-0.2, 0) is 21.4 Å². The van der Waals surface area contributed by atoms with E-state index in [1.165, 1.54) is 4.31 Å². The van der Waals surface area contributed by atoms with Crippen molar-refractivity contribution in [2.45, 2.75) is 37.2 Å². The number of nitrogens with one attached hydrogen (secondary N) is 2. The summed E-state index contributed by atoms with van der Waals surface area (Å²) in [5.74, 6) is 0.692. The van der Waals surface area contributed by atoms with Crippen LogP contribution in [0.2, 0.25) is 0 Å². The third kappa shape index (κ3) is 4.58. The molecule has 1 unspecified atom stereocenters. The summed E-state index contributed by atoms with van der Waals surface area (Å²) in [5.41, 5.74) is 0.582. The van der Waals surface area contributed by atoms with Gasteiger partial charge >= 0.3 is 0 Å². The minimum absolute atomic E-state index is 0.130. The van der Waals surface area contributed by atoms with Crippen molar-refractivity contribution in [1.82, 2.24) is 4.31 Å². The van der Waals surface area contributed by atoms with Gasteiger partial charge in [0.2, 0.25) is 10.0 Å². The fraction of sp³-hybridized carbons (Fsp3) is 0.421. The molecule has 27 heavy (non-hydrogen) atoms. The molecule has 0 bridgehead atoms. The van der Waals surface area contributed by atoms with E-state index in [1.54, 1.807) is 30.5 Å². The third-order valence-electron chi connectivity index (χ3n) is 4.99. The molecule has 1 saturated heterocycles. The zero-order chi connectivity index (χ0) is 19.4. The second-order valence-corrected chi connectivity index (χ2v) is 8.89. The van der Waals surface area contributed by atoms with Crippen LogP contribution in [-0.4, -0.2) is 44.8 Å². The molecule has 2 N–H and O–H groups in total. The number of furan rings is 1. The van der Waals surface area contributed by atoms with E-state index in [0.29, 0.717) is 25.3 Å². The van der Waals surface area contributed by atoms with Gasteiger partial charge in [-0.15, -0.1) is 0 Å². The molecule has 1 amide bonds. The molecule has 1 aliphatic heterocycles. The van der Waals surface area contributed by atoms with Crippen LogP contribution in [0.5, 0.6) is 0 Å². The Bertz CT molecular complexity index is 857. The molecule has 0 aliphatic carbocycles.